The zero-order valence-corrected chi connectivity index (χ0v) is 16.2. The van der Waals surface area contributed by atoms with Gasteiger partial charge in [-0.05, 0) is 41.5 Å². The standard InChI is InChI=1S/C17H16Cl3NO5/c1-16(14(22)23,21-15(24)26-9-17(18,19)20)12-5-3-11-8-13(25-2)6-4-10(11)7-12/h3-8H,9H2,1-2H3,(H,21,24)(H,22,23)/t16-/m0/s1. The number of fused-ring (bicyclic) bond motifs is 1. The van der Waals surface area contributed by atoms with Gasteiger partial charge in [0.2, 0.25) is 3.79 Å². The maximum atomic E-state index is 11.9. The number of alkyl carbamates (subject to hydrolysis) is 1. The van der Waals surface area contributed by atoms with E-state index in [0.29, 0.717) is 11.3 Å². The van der Waals surface area contributed by atoms with Crippen molar-refractivity contribution in [2.45, 2.75) is 16.3 Å². The van der Waals surface area contributed by atoms with Crippen molar-refractivity contribution < 1.29 is 24.2 Å². The zero-order valence-electron chi connectivity index (χ0n) is 13.9. The molecule has 0 unspecified atom stereocenters. The van der Waals surface area contributed by atoms with Gasteiger partial charge in [-0.15, -0.1) is 0 Å². The van der Waals surface area contributed by atoms with Crippen LogP contribution in [0, 0.1) is 0 Å². The summed E-state index contributed by atoms with van der Waals surface area (Å²) in [5.74, 6) is -0.587. The predicted octanol–water partition coefficient (Wildman–Crippen LogP) is 4.24. The number of rotatable bonds is 5. The van der Waals surface area contributed by atoms with E-state index < -0.39 is 28.0 Å². The predicted molar refractivity (Wildman–Crippen MR) is 100 cm³/mol. The molecule has 2 aromatic carbocycles. The van der Waals surface area contributed by atoms with Gasteiger partial charge in [-0.1, -0.05) is 53.0 Å². The first-order valence-electron chi connectivity index (χ1n) is 7.38. The molecular weight excluding hydrogens is 405 g/mol. The molecule has 0 fully saturated rings. The molecule has 2 rings (SSSR count). The fourth-order valence-electron chi connectivity index (χ4n) is 2.30. The quantitative estimate of drug-likeness (QED) is 0.707. The summed E-state index contributed by atoms with van der Waals surface area (Å²) in [6.45, 7) is 0.827. The minimum atomic E-state index is -1.79. The molecule has 0 aliphatic heterocycles. The van der Waals surface area contributed by atoms with E-state index in [2.05, 4.69) is 5.32 Å². The van der Waals surface area contributed by atoms with Crippen LogP contribution in [0.2, 0.25) is 0 Å². The Labute approximate surface area is 164 Å². The van der Waals surface area contributed by atoms with Gasteiger partial charge in [-0.25, -0.2) is 9.59 Å². The van der Waals surface area contributed by atoms with E-state index in [1.54, 1.807) is 37.4 Å². The Hall–Kier alpha value is -1.89. The van der Waals surface area contributed by atoms with E-state index in [-0.39, 0.29) is 0 Å². The minimum absolute atomic E-state index is 0.355. The molecule has 0 saturated carbocycles. The molecule has 140 valence electrons. The number of carboxylic acids is 1. The van der Waals surface area contributed by atoms with Crippen LogP contribution >= 0.6 is 34.8 Å². The van der Waals surface area contributed by atoms with Crippen molar-refractivity contribution in [3.05, 3.63) is 42.0 Å². The first-order valence-corrected chi connectivity index (χ1v) is 8.52. The number of hydrogen-bond donors (Lipinski definition) is 2. The van der Waals surface area contributed by atoms with Crippen molar-refractivity contribution in [1.29, 1.82) is 0 Å². The summed E-state index contributed by atoms with van der Waals surface area (Å²) in [5, 5.41) is 13.6. The molecule has 0 aliphatic rings. The fraction of sp³-hybridized carbons (Fsp3) is 0.294. The van der Waals surface area contributed by atoms with Gasteiger partial charge >= 0.3 is 12.1 Å². The van der Waals surface area contributed by atoms with Gasteiger partial charge in [0.1, 0.15) is 12.4 Å². The monoisotopic (exact) mass is 419 g/mol. The average Bonchev–Trinajstić information content (AvgIpc) is 2.58. The molecule has 0 aliphatic carbocycles. The third-order valence-electron chi connectivity index (χ3n) is 3.77. The number of amides is 1. The number of carbonyl (C=O) groups is 2. The smallest absolute Gasteiger partial charge is 0.408 e. The number of carbonyl (C=O) groups excluding carboxylic acids is 1. The fourth-order valence-corrected chi connectivity index (χ4v) is 2.46. The van der Waals surface area contributed by atoms with Gasteiger partial charge in [-0.3, -0.25) is 0 Å². The first kappa shape index (κ1) is 20.4. The van der Waals surface area contributed by atoms with E-state index >= 15 is 0 Å². The summed E-state index contributed by atoms with van der Waals surface area (Å²) < 4.78 is 8.14. The number of carboxylic acid groups (broad SMARTS) is 1. The zero-order chi connectivity index (χ0) is 19.5. The number of halogens is 3. The highest BCUT2D eigenvalue weighted by molar-refractivity contribution is 6.67. The molecule has 2 N–H and O–H groups in total. The topological polar surface area (TPSA) is 84.9 Å². The number of aliphatic carboxylic acids is 1. The highest BCUT2D eigenvalue weighted by atomic mass is 35.6. The lowest BCUT2D eigenvalue weighted by atomic mass is 9.90. The lowest BCUT2D eigenvalue weighted by molar-refractivity contribution is -0.144. The molecule has 1 amide bonds. The summed E-state index contributed by atoms with van der Waals surface area (Å²) in [6, 6.07) is 10.4. The number of nitrogens with one attached hydrogen (secondary N) is 1. The second-order valence-electron chi connectivity index (χ2n) is 5.67. The molecule has 0 saturated heterocycles. The summed E-state index contributed by atoms with van der Waals surface area (Å²) in [7, 11) is 1.56. The average molecular weight is 421 g/mol. The maximum absolute atomic E-state index is 11.9. The molecule has 2 aromatic rings. The van der Waals surface area contributed by atoms with Crippen LogP contribution in [0.1, 0.15) is 12.5 Å². The molecule has 0 aromatic heterocycles. The molecule has 26 heavy (non-hydrogen) atoms. The lowest BCUT2D eigenvalue weighted by Gasteiger charge is -2.27. The molecular formula is C17H16Cl3NO5. The van der Waals surface area contributed by atoms with Crippen LogP contribution in [-0.2, 0) is 15.1 Å². The summed E-state index contributed by atoms with van der Waals surface area (Å²) in [4.78, 5) is 23.8. The lowest BCUT2D eigenvalue weighted by Crippen LogP contribution is -2.50. The summed E-state index contributed by atoms with van der Waals surface area (Å²) >= 11 is 16.6. The highest BCUT2D eigenvalue weighted by Crippen LogP contribution is 2.29. The summed E-state index contributed by atoms with van der Waals surface area (Å²) in [5.41, 5.74) is -1.38. The van der Waals surface area contributed by atoms with Gasteiger partial charge < -0.3 is 19.9 Å². The van der Waals surface area contributed by atoms with Crippen molar-refractivity contribution in [1.82, 2.24) is 5.32 Å². The Kier molecular flexibility index (Phi) is 6.11. The maximum Gasteiger partial charge on any atom is 0.408 e. The molecule has 9 heteroatoms. The Bertz CT molecular complexity index is 837. The normalized spacial score (nSPS) is 13.7. The number of ether oxygens (including phenoxy) is 2. The van der Waals surface area contributed by atoms with E-state index in [1.807, 2.05) is 6.07 Å². The molecule has 0 radical (unpaired) electrons. The Morgan fingerprint density at radius 1 is 1.12 bits per heavy atom. The molecule has 0 bridgehead atoms. The SMILES string of the molecule is COc1ccc2cc([C@](C)(NC(=O)OCC(Cl)(Cl)Cl)C(=O)O)ccc2c1. The number of alkyl halides is 3. The van der Waals surface area contributed by atoms with E-state index in [9.17, 15) is 14.7 Å². The van der Waals surface area contributed by atoms with E-state index in [4.69, 9.17) is 44.3 Å². The van der Waals surface area contributed by atoms with Crippen LogP contribution in [0.5, 0.6) is 5.75 Å². The van der Waals surface area contributed by atoms with Crippen LogP contribution in [0.15, 0.2) is 36.4 Å². The van der Waals surface area contributed by atoms with Crippen molar-refractivity contribution in [3.63, 3.8) is 0 Å². The molecule has 0 heterocycles. The Morgan fingerprint density at radius 2 is 1.73 bits per heavy atom. The van der Waals surface area contributed by atoms with Crippen LogP contribution in [0.3, 0.4) is 0 Å². The van der Waals surface area contributed by atoms with Crippen molar-refractivity contribution >= 4 is 57.6 Å². The highest BCUT2D eigenvalue weighted by Gasteiger charge is 2.38. The summed E-state index contributed by atoms with van der Waals surface area (Å²) in [6.07, 6.45) is -1.02. The van der Waals surface area contributed by atoms with E-state index in [1.165, 1.54) is 6.92 Å². The van der Waals surface area contributed by atoms with Gasteiger partial charge in [0.25, 0.3) is 0 Å². The number of hydrogen-bond acceptors (Lipinski definition) is 4. The molecule has 6 nitrogen and oxygen atoms in total. The Balaban J connectivity index is 2.31. The van der Waals surface area contributed by atoms with Gasteiger partial charge in [0.05, 0.1) is 7.11 Å². The van der Waals surface area contributed by atoms with Gasteiger partial charge in [0.15, 0.2) is 5.54 Å². The number of benzene rings is 2. The second-order valence-corrected chi connectivity index (χ2v) is 8.19. The van der Waals surface area contributed by atoms with E-state index in [0.717, 1.165) is 10.8 Å². The minimum Gasteiger partial charge on any atom is -0.497 e. The second kappa shape index (κ2) is 7.78. The van der Waals surface area contributed by atoms with Gasteiger partial charge in [-0.2, -0.15) is 0 Å². The Morgan fingerprint density at radius 3 is 2.31 bits per heavy atom. The van der Waals surface area contributed by atoms with Crippen molar-refractivity contribution in [3.8, 4) is 5.75 Å². The van der Waals surface area contributed by atoms with Crippen molar-refractivity contribution in [2.24, 2.45) is 0 Å². The van der Waals surface area contributed by atoms with Crippen LogP contribution < -0.4 is 10.1 Å². The first-order chi connectivity index (χ1) is 12.0. The van der Waals surface area contributed by atoms with Crippen LogP contribution in [0.25, 0.3) is 10.8 Å². The van der Waals surface area contributed by atoms with Crippen molar-refractivity contribution in [2.75, 3.05) is 13.7 Å². The van der Waals surface area contributed by atoms with Crippen LogP contribution in [0.4, 0.5) is 4.79 Å². The largest absolute Gasteiger partial charge is 0.497 e. The van der Waals surface area contributed by atoms with Gasteiger partial charge in [0, 0.05) is 0 Å². The van der Waals surface area contributed by atoms with Crippen LogP contribution in [-0.4, -0.2) is 34.7 Å². The third kappa shape index (κ3) is 4.84. The third-order valence-corrected chi connectivity index (χ3v) is 4.10. The number of methoxy groups -OCH3 is 1. The molecule has 0 spiro atoms. The molecule has 1 atom stereocenters.